The van der Waals surface area contributed by atoms with Gasteiger partial charge in [-0.15, -0.1) is 0 Å². The van der Waals surface area contributed by atoms with Gasteiger partial charge in [-0.2, -0.15) is 0 Å². The van der Waals surface area contributed by atoms with Gasteiger partial charge in [-0.25, -0.2) is 4.63 Å². The number of carbonyl (C=O) groups excluding carboxylic acids is 1. The number of primary amides is 1. The molecular formula is C5H7N3O3. The highest BCUT2D eigenvalue weighted by atomic mass is 16.6. The highest BCUT2D eigenvalue weighted by molar-refractivity contribution is 5.91. The number of amides is 1. The zero-order valence-corrected chi connectivity index (χ0v) is 5.81. The Hall–Kier alpha value is -1.43. The van der Waals surface area contributed by atoms with E-state index in [1.807, 2.05) is 0 Å². The van der Waals surface area contributed by atoms with E-state index in [-0.39, 0.29) is 11.4 Å². The Balaban J connectivity index is 3.06. The van der Waals surface area contributed by atoms with E-state index in [4.69, 9.17) is 10.8 Å². The largest absolute Gasteiger partial charge is 0.387 e. The van der Waals surface area contributed by atoms with E-state index in [1.165, 1.54) is 6.92 Å². The number of hydrogen-bond donors (Lipinski definition) is 2. The van der Waals surface area contributed by atoms with Gasteiger partial charge in [0.25, 0.3) is 5.91 Å². The normalized spacial score (nSPS) is 12.9. The molecule has 0 bridgehead atoms. The summed E-state index contributed by atoms with van der Waals surface area (Å²) in [6.07, 6.45) is -0.899. The number of nitrogens with zero attached hydrogens (tertiary/aromatic N) is 2. The lowest BCUT2D eigenvalue weighted by atomic mass is 10.2. The number of hydrogen-bond acceptors (Lipinski definition) is 5. The van der Waals surface area contributed by atoms with Crippen molar-refractivity contribution in [2.45, 2.75) is 13.0 Å². The van der Waals surface area contributed by atoms with Crippen LogP contribution in [0.4, 0.5) is 0 Å². The highest BCUT2D eigenvalue weighted by Gasteiger charge is 2.18. The molecule has 6 nitrogen and oxygen atoms in total. The Kier molecular flexibility index (Phi) is 1.86. The molecule has 1 aromatic rings. The molecule has 0 saturated heterocycles. The predicted octanol–water partition coefficient (Wildman–Crippen LogP) is -0.778. The quantitative estimate of drug-likeness (QED) is 0.586. The van der Waals surface area contributed by atoms with E-state index >= 15 is 0 Å². The molecule has 0 aliphatic heterocycles. The molecule has 1 heterocycles. The van der Waals surface area contributed by atoms with Crippen LogP contribution in [0, 0.1) is 0 Å². The van der Waals surface area contributed by atoms with Gasteiger partial charge in [0.05, 0.1) is 6.10 Å². The zero-order chi connectivity index (χ0) is 8.43. The highest BCUT2D eigenvalue weighted by Crippen LogP contribution is 2.11. The minimum atomic E-state index is -0.899. The molecule has 1 atom stereocenters. The predicted molar refractivity (Wildman–Crippen MR) is 33.4 cm³/mol. The molecular weight excluding hydrogens is 150 g/mol. The first kappa shape index (κ1) is 7.67. The maximum absolute atomic E-state index is 10.5. The number of nitrogens with two attached hydrogens (primary N) is 1. The van der Waals surface area contributed by atoms with Crippen LogP contribution in [0.25, 0.3) is 0 Å². The second-order valence-corrected chi connectivity index (χ2v) is 2.04. The molecule has 0 spiro atoms. The van der Waals surface area contributed by atoms with Gasteiger partial charge in [-0.05, 0) is 12.1 Å². The van der Waals surface area contributed by atoms with Gasteiger partial charge in [0.1, 0.15) is 5.69 Å². The third-order valence-electron chi connectivity index (χ3n) is 1.14. The van der Waals surface area contributed by atoms with Gasteiger partial charge in [-0.1, -0.05) is 5.16 Å². The summed E-state index contributed by atoms with van der Waals surface area (Å²) in [5, 5.41) is 15.5. The van der Waals surface area contributed by atoms with E-state index in [1.54, 1.807) is 0 Å². The third kappa shape index (κ3) is 1.35. The van der Waals surface area contributed by atoms with E-state index < -0.39 is 12.0 Å². The van der Waals surface area contributed by atoms with Crippen molar-refractivity contribution in [3.8, 4) is 0 Å². The Morgan fingerprint density at radius 3 is 2.73 bits per heavy atom. The van der Waals surface area contributed by atoms with Crippen LogP contribution in [0.3, 0.4) is 0 Å². The number of rotatable bonds is 2. The van der Waals surface area contributed by atoms with Crippen LogP contribution in [-0.2, 0) is 0 Å². The minimum Gasteiger partial charge on any atom is -0.387 e. The third-order valence-corrected chi connectivity index (χ3v) is 1.14. The average Bonchev–Trinajstić information content (AvgIpc) is 2.32. The van der Waals surface area contributed by atoms with Gasteiger partial charge >= 0.3 is 0 Å². The van der Waals surface area contributed by atoms with Crippen LogP contribution >= 0.6 is 0 Å². The monoisotopic (exact) mass is 157 g/mol. The van der Waals surface area contributed by atoms with Crippen LogP contribution in [0.15, 0.2) is 4.63 Å². The average molecular weight is 157 g/mol. The second-order valence-electron chi connectivity index (χ2n) is 2.04. The molecule has 0 aliphatic rings. The summed E-state index contributed by atoms with van der Waals surface area (Å²) in [7, 11) is 0. The van der Waals surface area contributed by atoms with E-state index in [2.05, 4.69) is 14.9 Å². The first-order valence-electron chi connectivity index (χ1n) is 2.93. The molecule has 0 saturated carbocycles. The van der Waals surface area contributed by atoms with Crippen molar-refractivity contribution in [3.63, 3.8) is 0 Å². The Morgan fingerprint density at radius 1 is 1.73 bits per heavy atom. The number of aliphatic hydroxyl groups is 1. The topological polar surface area (TPSA) is 102 Å². The summed E-state index contributed by atoms with van der Waals surface area (Å²) < 4.78 is 4.21. The lowest BCUT2D eigenvalue weighted by Gasteiger charge is -1.96. The van der Waals surface area contributed by atoms with Crippen molar-refractivity contribution in [1.29, 1.82) is 0 Å². The fourth-order valence-electron chi connectivity index (χ4n) is 0.641. The van der Waals surface area contributed by atoms with Crippen molar-refractivity contribution < 1.29 is 14.5 Å². The summed E-state index contributed by atoms with van der Waals surface area (Å²) in [5.74, 6) is -0.762. The molecule has 0 fully saturated rings. The summed E-state index contributed by atoms with van der Waals surface area (Å²) in [5.41, 5.74) is 4.83. The lowest BCUT2D eigenvalue weighted by molar-refractivity contribution is 0.0986. The molecule has 0 unspecified atom stereocenters. The number of aromatic nitrogens is 2. The summed E-state index contributed by atoms with van der Waals surface area (Å²) in [6.45, 7) is 1.44. The van der Waals surface area contributed by atoms with Gasteiger partial charge in [0, 0.05) is 0 Å². The molecule has 0 aromatic carbocycles. The fraction of sp³-hybridized carbons (Fsp3) is 0.400. The van der Waals surface area contributed by atoms with Crippen molar-refractivity contribution in [2.75, 3.05) is 0 Å². The SMILES string of the molecule is C[C@@H](O)c1nonc1C(N)=O. The van der Waals surface area contributed by atoms with E-state index in [0.717, 1.165) is 0 Å². The summed E-state index contributed by atoms with van der Waals surface area (Å²) in [4.78, 5) is 10.5. The molecule has 1 amide bonds. The van der Waals surface area contributed by atoms with Crippen LogP contribution < -0.4 is 5.73 Å². The first-order chi connectivity index (χ1) is 5.13. The fourth-order valence-corrected chi connectivity index (χ4v) is 0.641. The number of carbonyl (C=O) groups is 1. The van der Waals surface area contributed by atoms with Gasteiger partial charge in [0.15, 0.2) is 5.69 Å². The summed E-state index contributed by atoms with van der Waals surface area (Å²) in [6, 6.07) is 0. The van der Waals surface area contributed by atoms with Crippen LogP contribution in [0.2, 0.25) is 0 Å². The molecule has 1 rings (SSSR count). The van der Waals surface area contributed by atoms with Crippen molar-refractivity contribution in [2.24, 2.45) is 5.73 Å². The van der Waals surface area contributed by atoms with E-state index in [9.17, 15) is 4.79 Å². The van der Waals surface area contributed by atoms with Crippen molar-refractivity contribution in [3.05, 3.63) is 11.4 Å². The number of aliphatic hydroxyl groups excluding tert-OH is 1. The molecule has 0 radical (unpaired) electrons. The van der Waals surface area contributed by atoms with Crippen LogP contribution in [0.5, 0.6) is 0 Å². The smallest absolute Gasteiger partial charge is 0.273 e. The van der Waals surface area contributed by atoms with Crippen molar-refractivity contribution >= 4 is 5.91 Å². The maximum Gasteiger partial charge on any atom is 0.273 e. The Labute approximate surface area is 62.0 Å². The van der Waals surface area contributed by atoms with Crippen molar-refractivity contribution in [1.82, 2.24) is 10.3 Å². The van der Waals surface area contributed by atoms with Gasteiger partial charge in [-0.3, -0.25) is 4.79 Å². The van der Waals surface area contributed by atoms with Crippen LogP contribution in [-0.4, -0.2) is 21.3 Å². The maximum atomic E-state index is 10.5. The molecule has 11 heavy (non-hydrogen) atoms. The van der Waals surface area contributed by atoms with Gasteiger partial charge in [0.2, 0.25) is 0 Å². The Bertz CT molecular complexity index is 268. The molecule has 0 aliphatic carbocycles. The second kappa shape index (κ2) is 2.67. The zero-order valence-electron chi connectivity index (χ0n) is 5.81. The van der Waals surface area contributed by atoms with E-state index in [0.29, 0.717) is 0 Å². The molecule has 1 aromatic heterocycles. The molecule has 3 N–H and O–H groups in total. The molecule has 60 valence electrons. The van der Waals surface area contributed by atoms with Gasteiger partial charge < -0.3 is 10.8 Å². The van der Waals surface area contributed by atoms with Crippen LogP contribution in [0.1, 0.15) is 29.2 Å². The Morgan fingerprint density at radius 2 is 2.36 bits per heavy atom. The standard InChI is InChI=1S/C5H7N3O3/c1-2(9)3-4(5(6)10)8-11-7-3/h2,9H,1H3,(H2,6,10)/t2-/m1/s1. The minimum absolute atomic E-state index is 0.0671. The lowest BCUT2D eigenvalue weighted by Crippen LogP contribution is -2.14. The summed E-state index contributed by atoms with van der Waals surface area (Å²) >= 11 is 0. The first-order valence-corrected chi connectivity index (χ1v) is 2.93. The molecule has 6 heteroatoms.